The lowest BCUT2D eigenvalue weighted by Crippen LogP contribution is -2.31. The number of benzene rings is 3. The lowest BCUT2D eigenvalue weighted by molar-refractivity contribution is 0.102. The Labute approximate surface area is 248 Å². The van der Waals surface area contributed by atoms with Crippen LogP contribution in [0.2, 0.25) is 5.02 Å². The van der Waals surface area contributed by atoms with Gasteiger partial charge in [0.2, 0.25) is 0 Å². The Morgan fingerprint density at radius 1 is 0.700 bits per heavy atom. The quantitative estimate of drug-likeness (QED) is 0.139. The van der Waals surface area contributed by atoms with Gasteiger partial charge >= 0.3 is 0 Å². The molecule has 15 N–H and O–H groups in total. The van der Waals surface area contributed by atoms with Crippen LogP contribution in [0.5, 0.6) is 5.75 Å². The number of anilines is 5. The van der Waals surface area contributed by atoms with E-state index >= 15 is 0 Å². The largest absolute Gasteiger partial charge is 0.506 e. The van der Waals surface area contributed by atoms with E-state index in [1.807, 2.05) is 6.07 Å². The third-order valence-electron chi connectivity index (χ3n) is 6.99. The highest BCUT2D eigenvalue weighted by atomic mass is 35.5. The number of amides is 1. The summed E-state index contributed by atoms with van der Waals surface area (Å²) in [7, 11) is 0. The summed E-state index contributed by atoms with van der Waals surface area (Å²) in [5.74, 6) is -0.297. The van der Waals surface area contributed by atoms with Gasteiger partial charge in [0.05, 0.1) is 5.69 Å². The molecule has 2 fully saturated rings. The zero-order valence-electron chi connectivity index (χ0n) is 23.3. The molecule has 0 radical (unpaired) electrons. The highest BCUT2D eigenvalue weighted by Crippen LogP contribution is 2.34. The number of carbonyl (C=O) groups is 1. The Morgan fingerprint density at radius 2 is 1.23 bits per heavy atom. The highest BCUT2D eigenvalue weighted by Gasteiger charge is 2.17. The lowest BCUT2D eigenvalue weighted by Gasteiger charge is -2.33. The van der Waals surface area contributed by atoms with Gasteiger partial charge in [-0.2, -0.15) is 0 Å². The minimum Gasteiger partial charge on any atom is -0.506 e. The maximum Gasteiger partial charge on any atom is 0.255 e. The third-order valence-corrected chi connectivity index (χ3v) is 7.24. The van der Waals surface area contributed by atoms with E-state index in [1.165, 1.54) is 49.9 Å². The average molecular weight is 581 g/mol. The van der Waals surface area contributed by atoms with Gasteiger partial charge in [0.15, 0.2) is 0 Å². The first kappa shape index (κ1) is 34.5. The predicted molar refractivity (Wildman–Crippen MR) is 178 cm³/mol. The van der Waals surface area contributed by atoms with Gasteiger partial charge in [0.25, 0.3) is 5.91 Å². The van der Waals surface area contributed by atoms with Crippen LogP contribution in [-0.4, -0.2) is 37.2 Å². The molecule has 10 nitrogen and oxygen atoms in total. The molecule has 2 aliphatic rings. The van der Waals surface area contributed by atoms with Crippen LogP contribution in [0.25, 0.3) is 0 Å². The van der Waals surface area contributed by atoms with Crippen molar-refractivity contribution in [3.8, 4) is 5.75 Å². The zero-order valence-corrected chi connectivity index (χ0v) is 24.1. The molecule has 0 saturated carbocycles. The Balaban J connectivity index is -0.000001000. The molecule has 11 heteroatoms. The third kappa shape index (κ3) is 8.48. The molecule has 2 saturated heterocycles. The van der Waals surface area contributed by atoms with Crippen molar-refractivity contribution in [1.82, 2.24) is 24.6 Å². The van der Waals surface area contributed by atoms with Gasteiger partial charge in [0, 0.05) is 71.3 Å². The summed E-state index contributed by atoms with van der Waals surface area (Å²) >= 11 is 5.91. The smallest absolute Gasteiger partial charge is 0.255 e. The number of halogens is 1. The Bertz CT molecular complexity index is 1200. The van der Waals surface area contributed by atoms with E-state index < -0.39 is 0 Å². The molecule has 0 bridgehead atoms. The van der Waals surface area contributed by atoms with Crippen molar-refractivity contribution < 1.29 is 15.6 Å². The number of hydrogen-bond acceptors (Lipinski definition) is 9. The standard InChI is InChI=1S/C29H33ClN4O2.4H3N.4H2/c30-22-9-7-21(8-10-22)29(36)32-27-12-11-23(19-28(27)35)31-24-17-25(33-13-3-1-4-14-33)20-26(18-24)34-15-5-2-6-16-34;;;;;;;;/h7-12,17-20,31,35H,1-6,13-16H2,(H,32,36);4*1H3;4*1H. The van der Waals surface area contributed by atoms with Crippen molar-refractivity contribution in [2.75, 3.05) is 46.6 Å². The number of carbonyl (C=O) groups excluding carboxylic acids is 1. The van der Waals surface area contributed by atoms with Gasteiger partial charge in [-0.3, -0.25) is 4.79 Å². The number of rotatable bonds is 6. The number of hydrogen-bond donors (Lipinski definition) is 7. The summed E-state index contributed by atoms with van der Waals surface area (Å²) in [6.07, 6.45) is 7.52. The molecule has 3 aromatic rings. The average Bonchev–Trinajstić information content (AvgIpc) is 2.91. The summed E-state index contributed by atoms with van der Waals surface area (Å²) in [5, 5.41) is 17.5. The molecule has 2 aliphatic heterocycles. The first-order chi connectivity index (χ1) is 17.5. The molecular weight excluding hydrogens is 528 g/mol. The minimum atomic E-state index is -0.303. The number of aromatic hydroxyl groups is 1. The number of phenols is 1. The van der Waals surface area contributed by atoms with E-state index in [4.69, 9.17) is 11.6 Å². The van der Waals surface area contributed by atoms with Crippen molar-refractivity contribution in [3.05, 3.63) is 71.2 Å². The monoisotopic (exact) mass is 580 g/mol. The Kier molecular flexibility index (Phi) is 13.7. The van der Waals surface area contributed by atoms with E-state index in [1.54, 1.807) is 36.4 Å². The molecule has 2 heterocycles. The highest BCUT2D eigenvalue weighted by molar-refractivity contribution is 6.30. The fraction of sp³-hybridized carbons (Fsp3) is 0.345. The van der Waals surface area contributed by atoms with Crippen LogP contribution in [0.4, 0.5) is 28.4 Å². The first-order valence-electron chi connectivity index (χ1n) is 12.9. The van der Waals surface area contributed by atoms with Gasteiger partial charge in [-0.25, -0.2) is 0 Å². The van der Waals surface area contributed by atoms with Crippen molar-refractivity contribution in [2.24, 2.45) is 0 Å². The lowest BCUT2D eigenvalue weighted by atomic mass is 10.1. The molecule has 0 atom stereocenters. The van der Waals surface area contributed by atoms with Crippen molar-refractivity contribution >= 4 is 45.9 Å². The second-order valence-corrected chi connectivity index (χ2v) is 10.1. The molecular formula is C29H53ClN8O2. The fourth-order valence-corrected chi connectivity index (χ4v) is 5.14. The van der Waals surface area contributed by atoms with Crippen LogP contribution >= 0.6 is 11.6 Å². The summed E-state index contributed by atoms with van der Waals surface area (Å²) in [5.41, 5.74) is 5.08. The molecule has 0 aromatic heterocycles. The second kappa shape index (κ2) is 15.9. The first-order valence-corrected chi connectivity index (χ1v) is 13.2. The van der Waals surface area contributed by atoms with E-state index in [9.17, 15) is 9.90 Å². The van der Waals surface area contributed by atoms with Crippen LogP contribution in [-0.2, 0) is 0 Å². The maximum absolute atomic E-state index is 12.5. The number of nitrogens with one attached hydrogen (secondary N) is 2. The van der Waals surface area contributed by atoms with Crippen LogP contribution in [0.15, 0.2) is 60.7 Å². The molecule has 1 amide bonds. The van der Waals surface area contributed by atoms with Gasteiger partial charge in [-0.05, 0) is 93.1 Å². The SMILES string of the molecule is N.N.N.N.O=C(Nc1ccc(Nc2cc(N3CCCCC3)cc(N3CCCCC3)c2)cc1O)c1ccc(Cl)cc1.[HH].[HH].[HH].[HH]. The molecule has 40 heavy (non-hydrogen) atoms. The molecule has 3 aromatic carbocycles. The molecule has 0 spiro atoms. The Hall–Kier alpha value is -3.54. The van der Waals surface area contributed by atoms with Gasteiger partial charge < -0.3 is 50.1 Å². The molecule has 0 aliphatic carbocycles. The number of phenolic OH excluding ortho intramolecular Hbond substituents is 1. The van der Waals surface area contributed by atoms with Crippen LogP contribution in [0.3, 0.4) is 0 Å². The van der Waals surface area contributed by atoms with Gasteiger partial charge in [0.1, 0.15) is 5.75 Å². The summed E-state index contributed by atoms with van der Waals surface area (Å²) < 4.78 is 0. The molecule has 0 unspecified atom stereocenters. The summed E-state index contributed by atoms with van der Waals surface area (Å²) in [6.45, 7) is 4.36. The van der Waals surface area contributed by atoms with E-state index in [0.717, 1.165) is 37.6 Å². The van der Waals surface area contributed by atoms with Crippen LogP contribution < -0.4 is 45.0 Å². The Morgan fingerprint density at radius 3 is 1.73 bits per heavy atom. The fourth-order valence-electron chi connectivity index (χ4n) is 5.01. The van der Waals surface area contributed by atoms with Crippen molar-refractivity contribution in [1.29, 1.82) is 0 Å². The second-order valence-electron chi connectivity index (χ2n) is 9.65. The summed E-state index contributed by atoms with van der Waals surface area (Å²) in [4.78, 5) is 17.5. The van der Waals surface area contributed by atoms with Crippen molar-refractivity contribution in [2.45, 2.75) is 38.5 Å². The van der Waals surface area contributed by atoms with Gasteiger partial charge in [-0.1, -0.05) is 11.6 Å². The maximum atomic E-state index is 12.5. The zero-order chi connectivity index (χ0) is 24.9. The molecule has 5 rings (SSSR count). The molecule has 228 valence electrons. The number of piperidine rings is 2. The minimum absolute atomic E-state index is 0. The van der Waals surface area contributed by atoms with Crippen LogP contribution in [0.1, 0.15) is 54.6 Å². The van der Waals surface area contributed by atoms with Crippen LogP contribution in [0, 0.1) is 0 Å². The normalized spacial score (nSPS) is 14.4. The van der Waals surface area contributed by atoms with Crippen molar-refractivity contribution in [3.63, 3.8) is 0 Å². The van der Waals surface area contributed by atoms with Gasteiger partial charge in [-0.15, -0.1) is 0 Å². The predicted octanol–water partition coefficient (Wildman–Crippen LogP) is 8.65. The van der Waals surface area contributed by atoms with E-state index in [-0.39, 0.29) is 42.0 Å². The topological polar surface area (TPSA) is 208 Å². The van der Waals surface area contributed by atoms with E-state index in [2.05, 4.69) is 38.6 Å². The number of nitrogens with zero attached hydrogens (tertiary/aromatic N) is 2. The van der Waals surface area contributed by atoms with E-state index in [0.29, 0.717) is 16.3 Å². The summed E-state index contributed by atoms with van der Waals surface area (Å²) in [6, 6.07) is 18.6.